The third kappa shape index (κ3) is 2.69. The molecule has 1 fully saturated rings. The Labute approximate surface area is 113 Å². The normalized spacial score (nSPS) is 19.4. The first kappa shape index (κ1) is 14.6. The lowest BCUT2D eigenvalue weighted by atomic mass is 10.1. The molecule has 2 rings (SSSR count). The molecular weight excluding hydrogens is 275 g/mol. The number of benzene rings is 1. The monoisotopic (exact) mass is 289 g/mol. The van der Waals surface area contributed by atoms with E-state index in [9.17, 15) is 23.3 Å². The van der Waals surface area contributed by atoms with Crippen molar-refractivity contribution >= 4 is 11.4 Å². The summed E-state index contributed by atoms with van der Waals surface area (Å²) in [7, 11) is 0. The minimum Gasteiger partial charge on any atom is -0.362 e. The van der Waals surface area contributed by atoms with Crippen LogP contribution in [0.3, 0.4) is 0 Å². The number of anilines is 1. The van der Waals surface area contributed by atoms with Crippen molar-refractivity contribution < 1.29 is 18.1 Å². The summed E-state index contributed by atoms with van der Waals surface area (Å²) >= 11 is 0. The van der Waals surface area contributed by atoms with Crippen LogP contribution in [0.2, 0.25) is 0 Å². The summed E-state index contributed by atoms with van der Waals surface area (Å²) < 4.78 is 37.9. The molecule has 8 heteroatoms. The SMILES string of the molecule is NCC1CCCN1c1ccc(C(F)(F)F)cc1[N+](=O)[O-]. The van der Waals surface area contributed by atoms with Crippen molar-refractivity contribution in [2.45, 2.75) is 25.1 Å². The van der Waals surface area contributed by atoms with Crippen LogP contribution in [0.5, 0.6) is 0 Å². The van der Waals surface area contributed by atoms with Gasteiger partial charge in [0.15, 0.2) is 0 Å². The molecule has 0 saturated carbocycles. The zero-order valence-corrected chi connectivity index (χ0v) is 10.6. The standard InChI is InChI=1S/C12H14F3N3O2/c13-12(14,15)8-3-4-10(11(6-8)18(19)20)17-5-1-2-9(17)7-16/h3-4,6,9H,1-2,5,7,16H2. The lowest BCUT2D eigenvalue weighted by Crippen LogP contribution is -2.35. The average molecular weight is 289 g/mol. The fourth-order valence-electron chi connectivity index (χ4n) is 2.49. The summed E-state index contributed by atoms with van der Waals surface area (Å²) in [6.07, 6.45) is -2.99. The maximum absolute atomic E-state index is 12.6. The van der Waals surface area contributed by atoms with E-state index in [0.717, 1.165) is 25.0 Å². The van der Waals surface area contributed by atoms with E-state index in [2.05, 4.69) is 0 Å². The maximum atomic E-state index is 12.6. The van der Waals surface area contributed by atoms with Gasteiger partial charge in [-0.25, -0.2) is 0 Å². The Morgan fingerprint density at radius 1 is 1.45 bits per heavy atom. The first-order chi connectivity index (χ1) is 9.34. The Morgan fingerprint density at radius 3 is 2.70 bits per heavy atom. The molecule has 0 aliphatic carbocycles. The molecule has 2 N–H and O–H groups in total. The number of nitrogens with zero attached hydrogens (tertiary/aromatic N) is 2. The van der Waals surface area contributed by atoms with Gasteiger partial charge in [-0.1, -0.05) is 0 Å². The molecule has 5 nitrogen and oxygen atoms in total. The highest BCUT2D eigenvalue weighted by Gasteiger charge is 2.35. The van der Waals surface area contributed by atoms with Gasteiger partial charge in [-0.3, -0.25) is 10.1 Å². The van der Waals surface area contributed by atoms with Gasteiger partial charge in [0.2, 0.25) is 0 Å². The van der Waals surface area contributed by atoms with Gasteiger partial charge in [-0.2, -0.15) is 13.2 Å². The van der Waals surface area contributed by atoms with Gasteiger partial charge < -0.3 is 10.6 Å². The molecule has 0 radical (unpaired) electrons. The quantitative estimate of drug-likeness (QED) is 0.685. The summed E-state index contributed by atoms with van der Waals surface area (Å²) in [5.74, 6) is 0. The van der Waals surface area contributed by atoms with Crippen molar-refractivity contribution in [2.24, 2.45) is 5.73 Å². The topological polar surface area (TPSA) is 72.4 Å². The smallest absolute Gasteiger partial charge is 0.362 e. The van der Waals surface area contributed by atoms with Gasteiger partial charge in [0.1, 0.15) is 5.69 Å². The molecule has 0 spiro atoms. The molecule has 1 aliphatic heterocycles. The fraction of sp³-hybridized carbons (Fsp3) is 0.500. The zero-order valence-electron chi connectivity index (χ0n) is 10.6. The van der Waals surface area contributed by atoms with Crippen LogP contribution >= 0.6 is 0 Å². The van der Waals surface area contributed by atoms with E-state index < -0.39 is 22.4 Å². The largest absolute Gasteiger partial charge is 0.416 e. The molecule has 0 aromatic heterocycles. The average Bonchev–Trinajstić information content (AvgIpc) is 2.84. The van der Waals surface area contributed by atoms with Crippen LogP contribution in [-0.4, -0.2) is 24.1 Å². The van der Waals surface area contributed by atoms with Crippen LogP contribution in [0.1, 0.15) is 18.4 Å². The molecule has 1 unspecified atom stereocenters. The highest BCUT2D eigenvalue weighted by molar-refractivity contribution is 5.65. The van der Waals surface area contributed by atoms with Gasteiger partial charge in [0.05, 0.1) is 10.5 Å². The van der Waals surface area contributed by atoms with Gasteiger partial charge in [0.25, 0.3) is 5.69 Å². The van der Waals surface area contributed by atoms with Crippen molar-refractivity contribution in [1.82, 2.24) is 0 Å². The van der Waals surface area contributed by atoms with Crippen molar-refractivity contribution in [3.8, 4) is 0 Å². The summed E-state index contributed by atoms with van der Waals surface area (Å²) in [6.45, 7) is 0.881. The van der Waals surface area contributed by atoms with E-state index in [1.807, 2.05) is 0 Å². The van der Waals surface area contributed by atoms with Crippen LogP contribution in [0.25, 0.3) is 0 Å². The predicted octanol–water partition coefficient (Wildman–Crippen LogP) is 2.54. The van der Waals surface area contributed by atoms with Gasteiger partial charge in [-0.15, -0.1) is 0 Å². The summed E-state index contributed by atoms with van der Waals surface area (Å²) in [6, 6.07) is 2.55. The van der Waals surface area contributed by atoms with Crippen LogP contribution in [0.4, 0.5) is 24.5 Å². The molecule has 1 aromatic carbocycles. The third-order valence-corrected chi connectivity index (χ3v) is 3.46. The van der Waals surface area contributed by atoms with Gasteiger partial charge in [-0.05, 0) is 25.0 Å². The van der Waals surface area contributed by atoms with Crippen molar-refractivity contribution in [3.63, 3.8) is 0 Å². The maximum Gasteiger partial charge on any atom is 0.416 e. The summed E-state index contributed by atoms with van der Waals surface area (Å²) in [4.78, 5) is 12.0. The van der Waals surface area contributed by atoms with Crippen molar-refractivity contribution in [1.29, 1.82) is 0 Å². The van der Waals surface area contributed by atoms with Crippen molar-refractivity contribution in [3.05, 3.63) is 33.9 Å². The van der Waals surface area contributed by atoms with E-state index in [0.29, 0.717) is 19.2 Å². The number of nitro benzene ring substituents is 1. The van der Waals surface area contributed by atoms with E-state index in [1.165, 1.54) is 0 Å². The van der Waals surface area contributed by atoms with Gasteiger partial charge in [0, 0.05) is 25.2 Å². The lowest BCUT2D eigenvalue weighted by molar-refractivity contribution is -0.384. The van der Waals surface area contributed by atoms with E-state index in [4.69, 9.17) is 5.73 Å². The zero-order chi connectivity index (χ0) is 14.9. The molecule has 1 heterocycles. The summed E-state index contributed by atoms with van der Waals surface area (Å²) in [5.41, 5.74) is 4.26. The number of rotatable bonds is 3. The second-order valence-corrected chi connectivity index (χ2v) is 4.68. The highest BCUT2D eigenvalue weighted by atomic mass is 19.4. The Morgan fingerprint density at radius 2 is 2.15 bits per heavy atom. The van der Waals surface area contributed by atoms with E-state index >= 15 is 0 Å². The predicted molar refractivity (Wildman–Crippen MR) is 67.5 cm³/mol. The molecular formula is C12H14F3N3O2. The van der Waals surface area contributed by atoms with Crippen LogP contribution < -0.4 is 10.6 Å². The molecule has 110 valence electrons. The molecule has 0 bridgehead atoms. The number of nitrogens with two attached hydrogens (primary N) is 1. The van der Waals surface area contributed by atoms with Crippen molar-refractivity contribution in [2.75, 3.05) is 18.0 Å². The minimum absolute atomic E-state index is 0.0644. The molecule has 1 saturated heterocycles. The first-order valence-electron chi connectivity index (χ1n) is 6.17. The molecule has 20 heavy (non-hydrogen) atoms. The molecule has 1 aromatic rings. The number of hydrogen-bond acceptors (Lipinski definition) is 4. The molecule has 1 atom stereocenters. The van der Waals surface area contributed by atoms with Crippen LogP contribution in [0, 0.1) is 10.1 Å². The molecule has 0 amide bonds. The van der Waals surface area contributed by atoms with E-state index in [-0.39, 0.29) is 11.7 Å². The first-order valence-corrected chi connectivity index (χ1v) is 6.17. The number of alkyl halides is 3. The van der Waals surface area contributed by atoms with Crippen LogP contribution in [-0.2, 0) is 6.18 Å². The van der Waals surface area contributed by atoms with E-state index in [1.54, 1.807) is 4.90 Å². The number of halogens is 3. The summed E-state index contributed by atoms with van der Waals surface area (Å²) in [5, 5.41) is 11.0. The second kappa shape index (κ2) is 5.28. The third-order valence-electron chi connectivity index (χ3n) is 3.46. The lowest BCUT2D eigenvalue weighted by Gasteiger charge is -2.25. The Kier molecular flexibility index (Phi) is 3.85. The minimum atomic E-state index is -4.60. The van der Waals surface area contributed by atoms with Crippen LogP contribution in [0.15, 0.2) is 18.2 Å². The highest BCUT2D eigenvalue weighted by Crippen LogP contribution is 2.38. The Hall–Kier alpha value is -1.83. The number of nitro groups is 1. The van der Waals surface area contributed by atoms with Gasteiger partial charge >= 0.3 is 6.18 Å². The molecule has 1 aliphatic rings. The second-order valence-electron chi connectivity index (χ2n) is 4.68. The Bertz CT molecular complexity index is 519. The fourth-order valence-corrected chi connectivity index (χ4v) is 2.49. The Balaban J connectivity index is 2.46. The number of hydrogen-bond donors (Lipinski definition) is 1.